The van der Waals surface area contributed by atoms with Gasteiger partial charge in [0.25, 0.3) is 5.91 Å². The summed E-state index contributed by atoms with van der Waals surface area (Å²) in [4.78, 5) is 38.1. The maximum absolute atomic E-state index is 12.3. The van der Waals surface area contributed by atoms with Gasteiger partial charge in [0.15, 0.2) is 18.1 Å². The van der Waals surface area contributed by atoms with Gasteiger partial charge in [-0.2, -0.15) is 5.10 Å². The van der Waals surface area contributed by atoms with Crippen molar-refractivity contribution in [1.82, 2.24) is 15.6 Å². The third kappa shape index (κ3) is 7.70. The molecule has 0 spiro atoms. The van der Waals surface area contributed by atoms with Crippen LogP contribution in [0.2, 0.25) is 0 Å². The number of carbonyl (C=O) groups is 3. The van der Waals surface area contributed by atoms with E-state index in [1.54, 1.807) is 49.5 Å². The molecule has 1 heterocycles. The van der Waals surface area contributed by atoms with Crippen molar-refractivity contribution < 1.29 is 33.3 Å². The first-order valence-electron chi connectivity index (χ1n) is 11.4. The standard InChI is InChI=1S/C25H30N4O7/c1-33-21-8-7-18(15-22(21)34-2)9-10-26-24(31)25(32)28-27-16-19-5-3-4-6-20(19)36-17-23(30)29-11-13-35-14-12-29/h3-8,15-16H,9-14,17H2,1-2H3,(H,26,31)(H,28,32)/b27-16-. The molecule has 0 atom stereocenters. The molecule has 1 fully saturated rings. The van der Waals surface area contributed by atoms with E-state index in [0.29, 0.717) is 55.5 Å². The predicted molar refractivity (Wildman–Crippen MR) is 131 cm³/mol. The molecule has 11 heteroatoms. The van der Waals surface area contributed by atoms with Crippen molar-refractivity contribution in [3.63, 3.8) is 0 Å². The molecular weight excluding hydrogens is 468 g/mol. The zero-order valence-electron chi connectivity index (χ0n) is 20.3. The van der Waals surface area contributed by atoms with Gasteiger partial charge >= 0.3 is 11.8 Å². The Morgan fingerprint density at radius 2 is 1.75 bits per heavy atom. The van der Waals surface area contributed by atoms with E-state index in [2.05, 4.69) is 15.8 Å². The van der Waals surface area contributed by atoms with Crippen LogP contribution in [-0.4, -0.2) is 82.5 Å². The van der Waals surface area contributed by atoms with Crippen LogP contribution in [0.4, 0.5) is 0 Å². The van der Waals surface area contributed by atoms with Crippen LogP contribution in [0.1, 0.15) is 11.1 Å². The number of carbonyl (C=O) groups excluding carboxylic acids is 3. The van der Waals surface area contributed by atoms with Crippen molar-refractivity contribution in [3.8, 4) is 17.2 Å². The Kier molecular flexibility index (Phi) is 10.1. The van der Waals surface area contributed by atoms with Gasteiger partial charge in [-0.3, -0.25) is 14.4 Å². The Morgan fingerprint density at radius 3 is 2.50 bits per heavy atom. The zero-order valence-corrected chi connectivity index (χ0v) is 20.3. The fourth-order valence-corrected chi connectivity index (χ4v) is 3.41. The number of hydrazone groups is 1. The second kappa shape index (κ2) is 13.7. The highest BCUT2D eigenvalue weighted by atomic mass is 16.5. The maximum Gasteiger partial charge on any atom is 0.329 e. The minimum Gasteiger partial charge on any atom is -0.493 e. The summed E-state index contributed by atoms with van der Waals surface area (Å²) < 4.78 is 21.4. The van der Waals surface area contributed by atoms with E-state index in [4.69, 9.17) is 18.9 Å². The number of amides is 3. The molecule has 11 nitrogen and oxygen atoms in total. The number of nitrogens with zero attached hydrogens (tertiary/aromatic N) is 2. The molecule has 0 aromatic heterocycles. The van der Waals surface area contributed by atoms with Gasteiger partial charge in [0.05, 0.1) is 33.6 Å². The van der Waals surface area contributed by atoms with E-state index in [-0.39, 0.29) is 19.1 Å². The minimum absolute atomic E-state index is 0.125. The highest BCUT2D eigenvalue weighted by Gasteiger charge is 2.17. The summed E-state index contributed by atoms with van der Waals surface area (Å²) in [5.41, 5.74) is 3.65. The number of morpholine rings is 1. The molecule has 2 N–H and O–H groups in total. The molecule has 3 amide bonds. The summed E-state index contributed by atoms with van der Waals surface area (Å²) in [5.74, 6) is -0.228. The van der Waals surface area contributed by atoms with E-state index >= 15 is 0 Å². The molecule has 2 aromatic rings. The largest absolute Gasteiger partial charge is 0.493 e. The zero-order chi connectivity index (χ0) is 25.8. The van der Waals surface area contributed by atoms with Crippen molar-refractivity contribution in [2.75, 3.05) is 53.7 Å². The van der Waals surface area contributed by atoms with Crippen LogP contribution in [0.3, 0.4) is 0 Å². The molecule has 0 aliphatic carbocycles. The molecular formula is C25H30N4O7. The van der Waals surface area contributed by atoms with Crippen molar-refractivity contribution in [1.29, 1.82) is 0 Å². The van der Waals surface area contributed by atoms with Crippen LogP contribution >= 0.6 is 0 Å². The topological polar surface area (TPSA) is 128 Å². The summed E-state index contributed by atoms with van der Waals surface area (Å²) in [7, 11) is 3.10. The van der Waals surface area contributed by atoms with E-state index in [1.165, 1.54) is 6.21 Å². The first-order valence-corrected chi connectivity index (χ1v) is 11.4. The van der Waals surface area contributed by atoms with Crippen LogP contribution in [0.15, 0.2) is 47.6 Å². The van der Waals surface area contributed by atoms with Crippen molar-refractivity contribution in [3.05, 3.63) is 53.6 Å². The predicted octanol–water partition coefficient (Wildman–Crippen LogP) is 0.750. The molecule has 192 valence electrons. The van der Waals surface area contributed by atoms with E-state index in [9.17, 15) is 14.4 Å². The Bertz CT molecular complexity index is 1080. The van der Waals surface area contributed by atoms with Crippen LogP contribution in [0.25, 0.3) is 0 Å². The summed E-state index contributed by atoms with van der Waals surface area (Å²) in [6.45, 7) is 2.22. The minimum atomic E-state index is -0.903. The fraction of sp³-hybridized carbons (Fsp3) is 0.360. The van der Waals surface area contributed by atoms with Gasteiger partial charge in [0.2, 0.25) is 0 Å². The number of hydrogen-bond donors (Lipinski definition) is 2. The smallest absolute Gasteiger partial charge is 0.329 e. The van der Waals surface area contributed by atoms with Crippen LogP contribution in [-0.2, 0) is 25.5 Å². The van der Waals surface area contributed by atoms with Gasteiger partial charge in [-0.25, -0.2) is 5.43 Å². The summed E-state index contributed by atoms with van der Waals surface area (Å²) >= 11 is 0. The monoisotopic (exact) mass is 498 g/mol. The molecule has 1 aliphatic heterocycles. The molecule has 2 aromatic carbocycles. The van der Waals surface area contributed by atoms with Gasteiger partial charge < -0.3 is 29.2 Å². The molecule has 0 radical (unpaired) electrons. The number of nitrogens with one attached hydrogen (secondary N) is 2. The van der Waals surface area contributed by atoms with E-state index in [0.717, 1.165) is 5.56 Å². The quantitative estimate of drug-likeness (QED) is 0.281. The van der Waals surface area contributed by atoms with Crippen LogP contribution in [0, 0.1) is 0 Å². The fourth-order valence-electron chi connectivity index (χ4n) is 3.41. The lowest BCUT2D eigenvalue weighted by molar-refractivity contribution is -0.139. The van der Waals surface area contributed by atoms with Gasteiger partial charge in [0, 0.05) is 25.2 Å². The molecule has 0 saturated carbocycles. The Hall–Kier alpha value is -4.12. The van der Waals surface area contributed by atoms with Gasteiger partial charge in [-0.15, -0.1) is 0 Å². The molecule has 36 heavy (non-hydrogen) atoms. The lowest BCUT2D eigenvalue weighted by Gasteiger charge is -2.26. The Balaban J connectivity index is 1.45. The van der Waals surface area contributed by atoms with Crippen molar-refractivity contribution >= 4 is 23.9 Å². The Labute approximate surface area is 209 Å². The number of rotatable bonds is 10. The highest BCUT2D eigenvalue weighted by molar-refractivity contribution is 6.35. The average Bonchev–Trinajstić information content (AvgIpc) is 2.92. The molecule has 1 saturated heterocycles. The normalized spacial score (nSPS) is 13.2. The maximum atomic E-state index is 12.3. The number of hydrogen-bond acceptors (Lipinski definition) is 8. The van der Waals surface area contributed by atoms with Crippen LogP contribution < -0.4 is 25.0 Å². The second-order valence-electron chi connectivity index (χ2n) is 7.71. The number of benzene rings is 2. The van der Waals surface area contributed by atoms with Crippen LogP contribution in [0.5, 0.6) is 17.2 Å². The molecule has 0 bridgehead atoms. The van der Waals surface area contributed by atoms with E-state index < -0.39 is 11.8 Å². The second-order valence-corrected chi connectivity index (χ2v) is 7.71. The first-order chi connectivity index (χ1) is 17.5. The summed E-state index contributed by atoms with van der Waals surface area (Å²) in [6.07, 6.45) is 1.85. The first kappa shape index (κ1) is 26.5. The number of methoxy groups -OCH3 is 2. The lowest BCUT2D eigenvalue weighted by Crippen LogP contribution is -2.43. The summed E-state index contributed by atoms with van der Waals surface area (Å²) in [6, 6.07) is 12.4. The lowest BCUT2D eigenvalue weighted by atomic mass is 10.1. The number of para-hydroxylation sites is 1. The van der Waals surface area contributed by atoms with Crippen molar-refractivity contribution in [2.24, 2.45) is 5.10 Å². The number of ether oxygens (including phenoxy) is 4. The third-order valence-electron chi connectivity index (χ3n) is 5.36. The molecule has 3 rings (SSSR count). The van der Waals surface area contributed by atoms with E-state index in [1.807, 2.05) is 12.1 Å². The summed E-state index contributed by atoms with van der Waals surface area (Å²) in [5, 5.41) is 6.39. The van der Waals surface area contributed by atoms with Crippen molar-refractivity contribution in [2.45, 2.75) is 6.42 Å². The van der Waals surface area contributed by atoms with Gasteiger partial charge in [-0.1, -0.05) is 18.2 Å². The SMILES string of the molecule is COc1ccc(CCNC(=O)C(=O)N/N=C\c2ccccc2OCC(=O)N2CCOCC2)cc1OC. The molecule has 1 aliphatic rings. The van der Waals surface area contributed by atoms with Gasteiger partial charge in [0.1, 0.15) is 5.75 Å². The molecule has 0 unspecified atom stereocenters. The highest BCUT2D eigenvalue weighted by Crippen LogP contribution is 2.27. The Morgan fingerprint density at radius 1 is 1.00 bits per heavy atom. The third-order valence-corrected chi connectivity index (χ3v) is 5.36. The average molecular weight is 499 g/mol. The van der Waals surface area contributed by atoms with Gasteiger partial charge in [-0.05, 0) is 36.2 Å².